The Balaban J connectivity index is 0.000000245. The molecule has 13 heteroatoms. The van der Waals surface area contributed by atoms with Gasteiger partial charge in [-0.1, -0.05) is 12.1 Å². The zero-order valence-electron chi connectivity index (χ0n) is 17.6. The average molecular weight is 488 g/mol. The summed E-state index contributed by atoms with van der Waals surface area (Å²) in [5.74, 6) is -2.30. The summed E-state index contributed by atoms with van der Waals surface area (Å²) in [6.07, 6.45) is -4.50. The zero-order valence-corrected chi connectivity index (χ0v) is 18.4. The van der Waals surface area contributed by atoms with E-state index in [1.54, 1.807) is 29.6 Å². The summed E-state index contributed by atoms with van der Waals surface area (Å²) in [5.41, 5.74) is 1.39. The van der Waals surface area contributed by atoms with E-state index >= 15 is 0 Å². The molecule has 0 unspecified atom stereocenters. The predicted molar refractivity (Wildman–Crippen MR) is 115 cm³/mol. The Morgan fingerprint density at radius 2 is 1.91 bits per heavy atom. The van der Waals surface area contributed by atoms with E-state index in [1.165, 1.54) is 18.4 Å². The number of anilines is 1. The highest BCUT2D eigenvalue weighted by Crippen LogP contribution is 2.30. The second kappa shape index (κ2) is 12.2. The number of hydrogen-bond donors (Lipinski definition) is 4. The first-order chi connectivity index (χ1) is 15.6. The van der Waals surface area contributed by atoms with Gasteiger partial charge in [0.1, 0.15) is 10.7 Å². The third-order valence-corrected chi connectivity index (χ3v) is 5.38. The fourth-order valence-corrected chi connectivity index (χ4v) is 3.69. The molecule has 4 N–H and O–H groups in total. The van der Waals surface area contributed by atoms with Crippen molar-refractivity contribution >= 4 is 35.0 Å². The molecule has 1 aliphatic heterocycles. The fourth-order valence-electron chi connectivity index (χ4n) is 2.85. The first-order valence-electron chi connectivity index (χ1n) is 9.83. The number of carbonyl (C=O) groups is 3. The van der Waals surface area contributed by atoms with Crippen molar-refractivity contribution in [3.63, 3.8) is 0 Å². The van der Waals surface area contributed by atoms with Crippen LogP contribution in [0.15, 0.2) is 29.6 Å². The number of aromatic nitrogens is 1. The predicted octanol–water partition coefficient (Wildman–Crippen LogP) is 3.35. The van der Waals surface area contributed by atoms with E-state index in [1.807, 2.05) is 0 Å². The van der Waals surface area contributed by atoms with Gasteiger partial charge in [0.25, 0.3) is 5.91 Å². The summed E-state index contributed by atoms with van der Waals surface area (Å²) in [7, 11) is 1.53. The minimum Gasteiger partial charge on any atom is -0.465 e. The van der Waals surface area contributed by atoms with Gasteiger partial charge in [-0.3, -0.25) is 10.1 Å². The molecule has 2 amide bonds. The van der Waals surface area contributed by atoms with E-state index in [9.17, 15) is 27.6 Å². The van der Waals surface area contributed by atoms with Gasteiger partial charge in [0.2, 0.25) is 0 Å². The average Bonchev–Trinajstić information content (AvgIpc) is 3.27. The summed E-state index contributed by atoms with van der Waals surface area (Å²) in [4.78, 5) is 36.7. The highest BCUT2D eigenvalue weighted by atomic mass is 32.1. The first-order valence-corrected chi connectivity index (χ1v) is 10.7. The Hall–Kier alpha value is -3.19. The molecule has 1 aromatic carbocycles. The number of para-hydroxylation sites is 1. The van der Waals surface area contributed by atoms with Gasteiger partial charge in [0, 0.05) is 18.0 Å². The van der Waals surface area contributed by atoms with Gasteiger partial charge in [0.15, 0.2) is 0 Å². The van der Waals surface area contributed by atoms with Crippen molar-refractivity contribution in [2.75, 3.05) is 32.1 Å². The summed E-state index contributed by atoms with van der Waals surface area (Å²) in [6, 6.07) is 6.90. The topological polar surface area (TPSA) is 130 Å². The van der Waals surface area contributed by atoms with Crippen molar-refractivity contribution in [1.82, 2.24) is 15.6 Å². The van der Waals surface area contributed by atoms with Crippen LogP contribution in [0, 0.1) is 5.92 Å². The second-order valence-corrected chi connectivity index (χ2v) is 7.74. The molecular formula is C20H23F3N4O5S. The van der Waals surface area contributed by atoms with Gasteiger partial charge in [-0.15, -0.1) is 11.3 Å². The third kappa shape index (κ3) is 8.35. The Morgan fingerprint density at radius 1 is 1.24 bits per heavy atom. The summed E-state index contributed by atoms with van der Waals surface area (Å²) in [6.45, 7) is 1.42. The van der Waals surface area contributed by atoms with Crippen LogP contribution >= 0.6 is 11.3 Å². The van der Waals surface area contributed by atoms with Gasteiger partial charge >= 0.3 is 18.2 Å². The summed E-state index contributed by atoms with van der Waals surface area (Å²) in [5, 5.41) is 18.9. The maximum Gasteiger partial charge on any atom is 0.490 e. The molecule has 1 aromatic heterocycles. The number of nitrogens with one attached hydrogen (secondary N) is 3. The van der Waals surface area contributed by atoms with Gasteiger partial charge in [-0.2, -0.15) is 13.2 Å². The molecule has 0 saturated carbocycles. The highest BCUT2D eigenvalue weighted by molar-refractivity contribution is 7.13. The Morgan fingerprint density at radius 3 is 2.52 bits per heavy atom. The maximum atomic E-state index is 11.7. The number of amides is 2. The number of halogens is 3. The Bertz CT molecular complexity index is 961. The molecule has 2 heterocycles. The molecule has 9 nitrogen and oxygen atoms in total. The van der Waals surface area contributed by atoms with Crippen molar-refractivity contribution in [1.29, 1.82) is 0 Å². The van der Waals surface area contributed by atoms with Gasteiger partial charge < -0.3 is 20.5 Å². The fraction of sp³-hybridized carbons (Fsp3) is 0.400. The minimum absolute atomic E-state index is 0.0579. The largest absolute Gasteiger partial charge is 0.490 e. The summed E-state index contributed by atoms with van der Waals surface area (Å²) >= 11 is 1.28. The molecule has 0 atom stereocenters. The number of alkyl halides is 3. The summed E-state index contributed by atoms with van der Waals surface area (Å²) < 4.78 is 39.3. The normalized spacial score (nSPS) is 13.9. The van der Waals surface area contributed by atoms with Crippen LogP contribution in [0.2, 0.25) is 0 Å². The van der Waals surface area contributed by atoms with Gasteiger partial charge in [-0.25, -0.2) is 14.6 Å². The van der Waals surface area contributed by atoms with E-state index in [0.29, 0.717) is 22.0 Å². The van der Waals surface area contributed by atoms with Crippen LogP contribution in [0.4, 0.5) is 23.7 Å². The van der Waals surface area contributed by atoms with E-state index in [0.717, 1.165) is 25.9 Å². The molecule has 1 saturated heterocycles. The number of hydrogen-bond acceptors (Lipinski definition) is 7. The lowest BCUT2D eigenvalue weighted by molar-refractivity contribution is -0.201. The zero-order chi connectivity index (χ0) is 24.4. The Labute approximate surface area is 191 Å². The number of carbonyl (C=O) groups excluding carboxylic acids is 2. The highest BCUT2D eigenvalue weighted by Gasteiger charge is 2.41. The molecule has 180 valence electrons. The van der Waals surface area contributed by atoms with E-state index in [-0.39, 0.29) is 18.4 Å². The molecule has 1 aliphatic rings. The molecule has 0 bridgehead atoms. The van der Waals surface area contributed by atoms with Crippen LogP contribution in [0.5, 0.6) is 0 Å². The maximum absolute atomic E-state index is 11.7. The third-order valence-electron chi connectivity index (χ3n) is 4.50. The standard InChI is InChI=1S/C12H11N3O3S.C8H12F3NO2/c1-13-10(16)9-6-19-11(14-9)7-4-2-3-5-8(7)15-12(17)18;9-8(10,11)7(13)14-5-6-1-3-12-4-2-6/h2-6,15H,1H3,(H,13,16)(H,17,18);6,12H,1-5H2. The monoisotopic (exact) mass is 488 g/mol. The van der Waals surface area contributed by atoms with Crippen LogP contribution in [0.1, 0.15) is 23.3 Å². The van der Waals surface area contributed by atoms with Crippen LogP contribution < -0.4 is 16.0 Å². The molecule has 33 heavy (non-hydrogen) atoms. The van der Waals surface area contributed by atoms with Crippen LogP contribution in [-0.4, -0.2) is 61.0 Å². The van der Waals surface area contributed by atoms with Crippen LogP contribution in [0.3, 0.4) is 0 Å². The molecule has 0 radical (unpaired) electrons. The lowest BCUT2D eigenvalue weighted by Gasteiger charge is -2.22. The van der Waals surface area contributed by atoms with Crippen LogP contribution in [0.25, 0.3) is 10.6 Å². The van der Waals surface area contributed by atoms with Gasteiger partial charge in [-0.05, 0) is 44.0 Å². The second-order valence-electron chi connectivity index (χ2n) is 6.88. The molecule has 1 fully saturated rings. The number of carboxylic acid groups (broad SMARTS) is 1. The first kappa shape index (κ1) is 26.1. The van der Waals surface area contributed by atoms with Crippen molar-refractivity contribution in [3.8, 4) is 10.6 Å². The van der Waals surface area contributed by atoms with E-state index in [2.05, 4.69) is 25.7 Å². The van der Waals surface area contributed by atoms with Crippen molar-refractivity contribution in [2.24, 2.45) is 5.92 Å². The number of thiazole rings is 1. The SMILES string of the molecule is CNC(=O)c1csc(-c2ccccc2NC(=O)O)n1.O=C(OCC1CCNCC1)C(F)(F)F. The van der Waals surface area contributed by atoms with E-state index in [4.69, 9.17) is 5.11 Å². The Kier molecular flexibility index (Phi) is 9.60. The van der Waals surface area contributed by atoms with Crippen molar-refractivity contribution in [2.45, 2.75) is 19.0 Å². The molecule has 2 aromatic rings. The smallest absolute Gasteiger partial charge is 0.465 e. The lowest BCUT2D eigenvalue weighted by atomic mass is 9.99. The number of rotatable bonds is 5. The number of ether oxygens (including phenoxy) is 1. The van der Waals surface area contributed by atoms with Crippen LogP contribution in [-0.2, 0) is 9.53 Å². The number of esters is 1. The minimum atomic E-state index is -4.87. The lowest BCUT2D eigenvalue weighted by Crippen LogP contribution is -2.33. The molecule has 0 spiro atoms. The number of piperidine rings is 1. The molecule has 3 rings (SSSR count). The number of nitrogens with zero attached hydrogens (tertiary/aromatic N) is 1. The van der Waals surface area contributed by atoms with Crippen molar-refractivity contribution < 1.29 is 37.4 Å². The van der Waals surface area contributed by atoms with Crippen molar-refractivity contribution in [3.05, 3.63) is 35.3 Å². The van der Waals surface area contributed by atoms with E-state index < -0.39 is 18.2 Å². The van der Waals surface area contributed by atoms with Gasteiger partial charge in [0.05, 0.1) is 12.3 Å². The number of benzene rings is 1. The molecular weight excluding hydrogens is 465 g/mol. The quantitative estimate of drug-likeness (QED) is 0.475. The molecule has 0 aliphatic carbocycles.